The lowest BCUT2D eigenvalue weighted by molar-refractivity contribution is 0.669. The molecule has 0 bridgehead atoms. The number of hydrogen-bond acceptors (Lipinski definition) is 2. The predicted octanol–water partition coefficient (Wildman–Crippen LogP) is 16.2. The van der Waals surface area contributed by atoms with E-state index in [2.05, 4.69) is 252 Å². The van der Waals surface area contributed by atoms with E-state index in [1.807, 2.05) is 12.1 Å². The molecule has 64 heavy (non-hydrogen) atoms. The number of anilines is 3. The van der Waals surface area contributed by atoms with Crippen LogP contribution in [-0.2, 0) is 5.41 Å². The first-order chi connectivity index (χ1) is 31.7. The van der Waals surface area contributed by atoms with Crippen LogP contribution in [-0.4, -0.2) is 4.57 Å². The standard InChI is InChI=1S/C61H42N2O/c1-5-17-45(18-6-1)61(46-19-7-2-8-20-46,47-21-9-3-10-22-47)48-32-36-51(37-33-48)62(52-38-40-60-56(42-52)54-26-14-16-28-59(54)64-60)50-34-29-43(30-35-50)44-31-39-58-55(41-44)53-25-13-15-27-57(53)63(58)49-23-11-4-12-24-49/h1-42H. The number of furan rings is 1. The Morgan fingerprint density at radius 1 is 0.312 bits per heavy atom. The second kappa shape index (κ2) is 15.5. The van der Waals surface area contributed by atoms with Crippen LogP contribution in [0.15, 0.2) is 259 Å². The molecule has 3 nitrogen and oxygen atoms in total. The van der Waals surface area contributed by atoms with Crippen LogP contribution in [0.25, 0.3) is 60.6 Å². The van der Waals surface area contributed by atoms with E-state index in [0.29, 0.717) is 0 Å². The predicted molar refractivity (Wildman–Crippen MR) is 266 cm³/mol. The highest BCUT2D eigenvalue weighted by Gasteiger charge is 2.38. The monoisotopic (exact) mass is 818 g/mol. The molecule has 0 N–H and O–H groups in total. The van der Waals surface area contributed by atoms with Crippen LogP contribution in [0, 0.1) is 0 Å². The summed E-state index contributed by atoms with van der Waals surface area (Å²) in [5.74, 6) is 0. The first-order valence-electron chi connectivity index (χ1n) is 21.9. The van der Waals surface area contributed by atoms with Gasteiger partial charge in [-0.2, -0.15) is 0 Å². The molecule has 12 aromatic rings. The van der Waals surface area contributed by atoms with Crippen molar-refractivity contribution >= 4 is 60.8 Å². The van der Waals surface area contributed by atoms with E-state index in [-0.39, 0.29) is 0 Å². The van der Waals surface area contributed by atoms with Crippen LogP contribution in [0.3, 0.4) is 0 Å². The first-order valence-corrected chi connectivity index (χ1v) is 21.9. The van der Waals surface area contributed by atoms with E-state index in [4.69, 9.17) is 4.42 Å². The van der Waals surface area contributed by atoms with Gasteiger partial charge in [0.2, 0.25) is 0 Å². The zero-order valence-electron chi connectivity index (χ0n) is 35.1. The molecule has 12 rings (SSSR count). The largest absolute Gasteiger partial charge is 0.456 e. The maximum absolute atomic E-state index is 6.31. The smallest absolute Gasteiger partial charge is 0.135 e. The van der Waals surface area contributed by atoms with E-state index in [9.17, 15) is 0 Å². The molecule has 0 saturated heterocycles. The van der Waals surface area contributed by atoms with Gasteiger partial charge in [-0.25, -0.2) is 0 Å². The summed E-state index contributed by atoms with van der Waals surface area (Å²) in [6, 6.07) is 91.9. The molecule has 0 radical (unpaired) electrons. The van der Waals surface area contributed by atoms with Crippen molar-refractivity contribution in [2.75, 3.05) is 4.90 Å². The van der Waals surface area contributed by atoms with Crippen molar-refractivity contribution in [3.63, 3.8) is 0 Å². The first kappa shape index (κ1) is 37.4. The topological polar surface area (TPSA) is 21.3 Å². The fraction of sp³-hybridized carbons (Fsp3) is 0.0164. The molecule has 0 unspecified atom stereocenters. The lowest BCUT2D eigenvalue weighted by atomic mass is 9.65. The van der Waals surface area contributed by atoms with E-state index in [1.54, 1.807) is 0 Å². The molecule has 0 aliphatic rings. The minimum atomic E-state index is -0.544. The molecular formula is C61H42N2O. The molecule has 0 atom stereocenters. The fourth-order valence-electron chi connectivity index (χ4n) is 10.0. The summed E-state index contributed by atoms with van der Waals surface area (Å²) < 4.78 is 8.67. The highest BCUT2D eigenvalue weighted by molar-refractivity contribution is 6.10. The summed E-state index contributed by atoms with van der Waals surface area (Å²) in [5, 5.41) is 4.67. The van der Waals surface area contributed by atoms with Gasteiger partial charge in [0.1, 0.15) is 11.2 Å². The van der Waals surface area contributed by atoms with Gasteiger partial charge in [-0.3, -0.25) is 0 Å². The van der Waals surface area contributed by atoms with Gasteiger partial charge in [-0.05, 0) is 112 Å². The third-order valence-electron chi connectivity index (χ3n) is 12.9. The van der Waals surface area contributed by atoms with Crippen LogP contribution in [0.1, 0.15) is 22.3 Å². The minimum Gasteiger partial charge on any atom is -0.456 e. The summed E-state index contributed by atoms with van der Waals surface area (Å²) >= 11 is 0. The molecule has 2 heterocycles. The second-order valence-corrected chi connectivity index (χ2v) is 16.5. The Morgan fingerprint density at radius 3 is 1.42 bits per heavy atom. The van der Waals surface area contributed by atoms with E-state index in [1.165, 1.54) is 49.6 Å². The Labute approximate surface area is 372 Å². The van der Waals surface area contributed by atoms with Gasteiger partial charge in [-0.1, -0.05) is 176 Å². The SMILES string of the molecule is c1ccc(-n2c3ccccc3c3cc(-c4ccc(N(c5ccc(C(c6ccccc6)(c6ccccc6)c6ccccc6)cc5)c5ccc6oc7ccccc7c6c5)cc4)ccc32)cc1. The molecule has 0 amide bonds. The molecule has 0 saturated carbocycles. The Kier molecular flexibility index (Phi) is 9.05. The molecule has 0 spiro atoms. The van der Waals surface area contributed by atoms with Gasteiger partial charge in [-0.15, -0.1) is 0 Å². The average Bonchev–Trinajstić information content (AvgIpc) is 3.91. The number of hydrogen-bond donors (Lipinski definition) is 0. The van der Waals surface area contributed by atoms with Crippen molar-refractivity contribution in [3.05, 3.63) is 277 Å². The zero-order valence-corrected chi connectivity index (χ0v) is 35.1. The average molecular weight is 819 g/mol. The van der Waals surface area contributed by atoms with Crippen LogP contribution in [0.5, 0.6) is 0 Å². The van der Waals surface area contributed by atoms with Gasteiger partial charge in [0, 0.05) is 44.3 Å². The van der Waals surface area contributed by atoms with Gasteiger partial charge in [0.25, 0.3) is 0 Å². The quantitative estimate of drug-likeness (QED) is 0.135. The molecule has 2 aromatic heterocycles. The zero-order chi connectivity index (χ0) is 42.5. The van der Waals surface area contributed by atoms with Crippen molar-refractivity contribution in [1.29, 1.82) is 0 Å². The molecular weight excluding hydrogens is 777 g/mol. The fourth-order valence-corrected chi connectivity index (χ4v) is 10.0. The van der Waals surface area contributed by atoms with Crippen molar-refractivity contribution in [2.24, 2.45) is 0 Å². The normalized spacial score (nSPS) is 11.8. The second-order valence-electron chi connectivity index (χ2n) is 16.5. The van der Waals surface area contributed by atoms with Crippen LogP contribution < -0.4 is 4.90 Å². The summed E-state index contributed by atoms with van der Waals surface area (Å²) in [6.45, 7) is 0. The number of benzene rings is 10. The number of nitrogens with zero attached hydrogens (tertiary/aromatic N) is 2. The Bertz CT molecular complexity index is 3480. The summed E-state index contributed by atoms with van der Waals surface area (Å²) in [5.41, 5.74) is 15.1. The van der Waals surface area contributed by atoms with Gasteiger partial charge in [0.05, 0.1) is 16.4 Å². The summed E-state index contributed by atoms with van der Waals surface area (Å²) in [4.78, 5) is 2.36. The summed E-state index contributed by atoms with van der Waals surface area (Å²) in [7, 11) is 0. The van der Waals surface area contributed by atoms with E-state index in [0.717, 1.165) is 50.3 Å². The molecule has 0 aliphatic heterocycles. The molecule has 0 aliphatic carbocycles. The van der Waals surface area contributed by atoms with Gasteiger partial charge < -0.3 is 13.9 Å². The number of aromatic nitrogens is 1. The molecule has 3 heteroatoms. The van der Waals surface area contributed by atoms with Gasteiger partial charge in [0.15, 0.2) is 0 Å². The number of rotatable bonds is 9. The maximum Gasteiger partial charge on any atom is 0.135 e. The van der Waals surface area contributed by atoms with Crippen molar-refractivity contribution in [1.82, 2.24) is 4.57 Å². The Balaban J connectivity index is 0.997. The Morgan fingerprint density at radius 2 is 0.781 bits per heavy atom. The highest BCUT2D eigenvalue weighted by atomic mass is 16.3. The molecule has 302 valence electrons. The van der Waals surface area contributed by atoms with Crippen LogP contribution in [0.2, 0.25) is 0 Å². The minimum absolute atomic E-state index is 0.544. The molecule has 10 aromatic carbocycles. The van der Waals surface area contributed by atoms with Crippen molar-refractivity contribution in [3.8, 4) is 16.8 Å². The Hall–Kier alpha value is -8.40. The number of fused-ring (bicyclic) bond motifs is 6. The lowest BCUT2D eigenvalue weighted by Gasteiger charge is -2.37. The maximum atomic E-state index is 6.31. The third kappa shape index (κ3) is 6.13. The highest BCUT2D eigenvalue weighted by Crippen LogP contribution is 2.47. The third-order valence-corrected chi connectivity index (χ3v) is 12.9. The lowest BCUT2D eigenvalue weighted by Crippen LogP contribution is -2.31. The van der Waals surface area contributed by atoms with E-state index >= 15 is 0 Å². The number of para-hydroxylation sites is 3. The summed E-state index contributed by atoms with van der Waals surface area (Å²) in [6.07, 6.45) is 0. The molecule has 0 fully saturated rings. The van der Waals surface area contributed by atoms with Crippen molar-refractivity contribution < 1.29 is 4.42 Å². The van der Waals surface area contributed by atoms with Gasteiger partial charge >= 0.3 is 0 Å². The van der Waals surface area contributed by atoms with E-state index < -0.39 is 5.41 Å². The van der Waals surface area contributed by atoms with Crippen LogP contribution in [0.4, 0.5) is 17.1 Å². The van der Waals surface area contributed by atoms with Crippen molar-refractivity contribution in [2.45, 2.75) is 5.41 Å². The van der Waals surface area contributed by atoms with Crippen LogP contribution >= 0.6 is 0 Å².